The molecule has 1 saturated heterocycles. The van der Waals surface area contributed by atoms with Crippen molar-refractivity contribution in [2.75, 3.05) is 19.6 Å². The Hall–Kier alpha value is -4.96. The van der Waals surface area contributed by atoms with Gasteiger partial charge < -0.3 is 15.2 Å². The van der Waals surface area contributed by atoms with Crippen molar-refractivity contribution in [2.45, 2.75) is 43.4 Å². The molecule has 3 heterocycles. The van der Waals surface area contributed by atoms with Gasteiger partial charge in [0.2, 0.25) is 5.91 Å². The summed E-state index contributed by atoms with van der Waals surface area (Å²) < 4.78 is 121. The van der Waals surface area contributed by atoms with Crippen LogP contribution in [0.25, 0.3) is 11.1 Å². The number of halogens is 9. The first-order valence-electron chi connectivity index (χ1n) is 15.6. The minimum absolute atomic E-state index is 0.00800. The van der Waals surface area contributed by atoms with E-state index < -0.39 is 82.5 Å². The maximum Gasteiger partial charge on any atom is 0.419 e. The molecular formula is C35H26ClF8N3O5. The van der Waals surface area contributed by atoms with Gasteiger partial charge in [-0.25, -0.2) is 8.78 Å². The van der Waals surface area contributed by atoms with Crippen LogP contribution in [0.1, 0.15) is 46.3 Å². The van der Waals surface area contributed by atoms with Crippen molar-refractivity contribution < 1.29 is 54.6 Å². The highest BCUT2D eigenvalue weighted by molar-refractivity contribution is 6.33. The lowest BCUT2D eigenvalue weighted by Gasteiger charge is -2.34. The molecule has 1 aromatic heterocycles. The molecule has 2 aliphatic rings. The average molecular weight is 756 g/mol. The Kier molecular flexibility index (Phi) is 9.83. The number of amides is 1. The molecule has 6 rings (SSSR count). The molecule has 1 amide bonds. The van der Waals surface area contributed by atoms with Crippen molar-refractivity contribution in [3.8, 4) is 22.6 Å². The topological polar surface area (TPSA) is 101 Å². The van der Waals surface area contributed by atoms with Crippen molar-refractivity contribution in [1.82, 2.24) is 14.8 Å². The summed E-state index contributed by atoms with van der Waals surface area (Å²) >= 11 is 6.44. The first kappa shape index (κ1) is 36.8. The summed E-state index contributed by atoms with van der Waals surface area (Å²) in [7, 11) is 0. The van der Waals surface area contributed by atoms with Gasteiger partial charge in [-0.1, -0.05) is 29.8 Å². The minimum Gasteiger partial charge on any atom is -0.481 e. The molecule has 0 unspecified atom stereocenters. The average Bonchev–Trinajstić information content (AvgIpc) is 3.02. The number of hydrogen-bond acceptors (Lipinski definition) is 5. The molecule has 0 spiro atoms. The molecular weight excluding hydrogens is 730 g/mol. The predicted octanol–water partition coefficient (Wildman–Crippen LogP) is 7.57. The second-order valence-corrected chi connectivity index (χ2v) is 12.7. The van der Waals surface area contributed by atoms with E-state index in [0.29, 0.717) is 10.6 Å². The summed E-state index contributed by atoms with van der Waals surface area (Å²) in [5, 5.41) is 11.9. The number of benzene rings is 3. The summed E-state index contributed by atoms with van der Waals surface area (Å²) in [6.07, 6.45) is -12.1. The molecule has 0 aliphatic carbocycles. The Bertz CT molecular complexity index is 2110. The van der Waals surface area contributed by atoms with Gasteiger partial charge in [-0.3, -0.25) is 23.9 Å². The molecule has 0 radical (unpaired) electrons. The highest BCUT2D eigenvalue weighted by Crippen LogP contribution is 2.44. The Labute approximate surface area is 294 Å². The number of nitrogens with one attached hydrogen (secondary N) is 1. The van der Waals surface area contributed by atoms with E-state index in [1.54, 1.807) is 4.90 Å². The number of carboxylic acid groups (broad SMARTS) is 1. The third kappa shape index (κ3) is 7.48. The minimum atomic E-state index is -5.32. The zero-order valence-electron chi connectivity index (χ0n) is 26.5. The number of rotatable bonds is 6. The zero-order valence-corrected chi connectivity index (χ0v) is 27.3. The lowest BCUT2D eigenvalue weighted by Crippen LogP contribution is -2.49. The fraction of sp³-hybridized carbons (Fsp3) is 0.286. The summed E-state index contributed by atoms with van der Waals surface area (Å²) in [5.41, 5.74) is -6.33. The molecule has 3 aromatic carbocycles. The van der Waals surface area contributed by atoms with Crippen LogP contribution >= 0.6 is 11.6 Å². The number of hydrogen-bond donors (Lipinski definition) is 2. The van der Waals surface area contributed by atoms with Crippen LogP contribution in [-0.2, 0) is 28.4 Å². The molecule has 2 N–H and O–H groups in total. The Morgan fingerprint density at radius 3 is 2.31 bits per heavy atom. The number of fused-ring (bicyclic) bond motifs is 6. The van der Waals surface area contributed by atoms with Gasteiger partial charge in [0.15, 0.2) is 0 Å². The summed E-state index contributed by atoms with van der Waals surface area (Å²) in [4.78, 5) is 41.3. The Morgan fingerprint density at radius 2 is 1.65 bits per heavy atom. The first-order valence-corrected chi connectivity index (χ1v) is 16.0. The number of aliphatic carboxylic acids is 1. The van der Waals surface area contributed by atoms with Gasteiger partial charge in [-0.2, -0.15) is 26.3 Å². The first-order chi connectivity index (χ1) is 24.4. The van der Waals surface area contributed by atoms with Crippen LogP contribution in [0.3, 0.4) is 0 Å². The molecule has 8 nitrogen and oxygen atoms in total. The number of aromatic nitrogens is 1. The standard InChI is InChI=1S/C35H26ClF8N3O5/c36-25-5-2-6-27-30(25)19-10-22(31(38)24(11-19)35(42,43)44)26(13-29(49)50)45-33(51)32(17-3-1-4-21(9-17)52-27)47-14-18(7-8-46-15-20(37)16-46)23(12-28(47)48)34(39,40)41/h1-6,9-12,14,20,26,32H,7-8,13,15-16H2,(H,45,51)(H,49,50)/t26-,32-/m1/s1. The van der Waals surface area contributed by atoms with Crippen LogP contribution in [0.4, 0.5) is 35.1 Å². The second-order valence-electron chi connectivity index (χ2n) is 12.3. The number of carbonyl (C=O) groups is 2. The van der Waals surface area contributed by atoms with E-state index >= 15 is 4.39 Å². The number of nitrogens with zero attached hydrogens (tertiary/aromatic N) is 2. The third-order valence-corrected chi connectivity index (χ3v) is 9.06. The number of alkyl halides is 7. The highest BCUT2D eigenvalue weighted by atomic mass is 35.5. The van der Waals surface area contributed by atoms with Crippen molar-refractivity contribution in [1.29, 1.82) is 0 Å². The lowest BCUT2D eigenvalue weighted by atomic mass is 9.93. The van der Waals surface area contributed by atoms with Gasteiger partial charge in [0.25, 0.3) is 5.56 Å². The normalized spacial score (nSPS) is 18.2. The van der Waals surface area contributed by atoms with Gasteiger partial charge in [0.1, 0.15) is 29.5 Å². The van der Waals surface area contributed by atoms with Crippen molar-refractivity contribution >= 4 is 23.5 Å². The maximum atomic E-state index is 15.9. The molecule has 4 aromatic rings. The molecule has 52 heavy (non-hydrogen) atoms. The SMILES string of the molecule is O=C(O)C[C@H]1NC(=O)[C@H](n2cc(CCN3CC(F)C3)c(C(F)(F)F)cc2=O)c2cccc(c2)Oc2cccc(Cl)c2-c2cc1c(F)c(C(F)(F)F)c2. The number of ether oxygens (including phenoxy) is 1. The van der Waals surface area contributed by atoms with Gasteiger partial charge in [-0.05, 0) is 59.5 Å². The van der Waals surface area contributed by atoms with E-state index in [2.05, 4.69) is 5.32 Å². The number of carbonyl (C=O) groups excluding carboxylic acids is 1. The number of carboxylic acids is 1. The smallest absolute Gasteiger partial charge is 0.419 e. The largest absolute Gasteiger partial charge is 0.481 e. The third-order valence-electron chi connectivity index (χ3n) is 8.75. The Balaban J connectivity index is 1.58. The van der Waals surface area contributed by atoms with Crippen LogP contribution in [0.15, 0.2) is 71.7 Å². The number of pyridine rings is 1. The van der Waals surface area contributed by atoms with Crippen LogP contribution in [0, 0.1) is 5.82 Å². The van der Waals surface area contributed by atoms with Crippen LogP contribution in [-0.4, -0.2) is 52.3 Å². The van der Waals surface area contributed by atoms with Gasteiger partial charge in [0.05, 0.1) is 28.6 Å². The van der Waals surface area contributed by atoms with E-state index in [4.69, 9.17) is 16.3 Å². The van der Waals surface area contributed by atoms with E-state index in [-0.39, 0.29) is 65.3 Å². The van der Waals surface area contributed by atoms with Crippen molar-refractivity contribution in [2.24, 2.45) is 0 Å². The zero-order chi connectivity index (χ0) is 37.7. The molecule has 2 aliphatic heterocycles. The molecule has 0 saturated carbocycles. The summed E-state index contributed by atoms with van der Waals surface area (Å²) in [5.74, 6) is -5.01. The van der Waals surface area contributed by atoms with Crippen LogP contribution in [0.2, 0.25) is 5.02 Å². The highest BCUT2D eigenvalue weighted by Gasteiger charge is 2.40. The predicted molar refractivity (Wildman–Crippen MR) is 170 cm³/mol. The van der Waals surface area contributed by atoms with Gasteiger partial charge >= 0.3 is 18.3 Å². The lowest BCUT2D eigenvalue weighted by molar-refractivity contribution is -0.140. The van der Waals surface area contributed by atoms with Crippen LogP contribution in [0.5, 0.6) is 11.5 Å². The monoisotopic (exact) mass is 755 g/mol. The quantitative estimate of drug-likeness (QED) is 0.197. The molecule has 4 bridgehead atoms. The molecule has 17 heteroatoms. The van der Waals surface area contributed by atoms with E-state index in [1.807, 2.05) is 0 Å². The number of likely N-dealkylation sites (tertiary alicyclic amines) is 1. The molecule has 2 atom stereocenters. The van der Waals surface area contributed by atoms with E-state index in [1.165, 1.54) is 42.5 Å². The van der Waals surface area contributed by atoms with Crippen molar-refractivity contribution in [3.05, 3.63) is 116 Å². The second kappa shape index (κ2) is 13.9. The molecule has 1 fully saturated rings. The fourth-order valence-electron chi connectivity index (χ4n) is 6.32. The Morgan fingerprint density at radius 1 is 0.962 bits per heavy atom. The van der Waals surface area contributed by atoms with Crippen molar-refractivity contribution in [3.63, 3.8) is 0 Å². The molecule has 274 valence electrons. The van der Waals surface area contributed by atoms with E-state index in [9.17, 15) is 50.2 Å². The van der Waals surface area contributed by atoms with E-state index in [0.717, 1.165) is 12.3 Å². The summed E-state index contributed by atoms with van der Waals surface area (Å²) in [6, 6.07) is 7.14. The fourth-order valence-corrected chi connectivity index (χ4v) is 6.60. The van der Waals surface area contributed by atoms with Gasteiger partial charge in [0, 0.05) is 43.0 Å². The maximum absolute atomic E-state index is 15.9. The summed E-state index contributed by atoms with van der Waals surface area (Å²) in [6.45, 7) is -0.0421. The van der Waals surface area contributed by atoms with Gasteiger partial charge in [-0.15, -0.1) is 0 Å². The van der Waals surface area contributed by atoms with Crippen LogP contribution < -0.4 is 15.6 Å².